The SMILES string of the molecule is CC(O)C(NC(=O)C(CS)NC(=O)C(N)CS)C(=O)NC(Cc1cnc[nH]1)C(=O)O. The van der Waals surface area contributed by atoms with Crippen molar-refractivity contribution in [1.29, 1.82) is 0 Å². The van der Waals surface area contributed by atoms with E-state index < -0.39 is 54.0 Å². The highest BCUT2D eigenvalue weighted by atomic mass is 32.1. The number of aromatic nitrogens is 2. The van der Waals surface area contributed by atoms with Gasteiger partial charge in [-0.1, -0.05) is 0 Å². The van der Waals surface area contributed by atoms with Gasteiger partial charge < -0.3 is 36.9 Å². The third kappa shape index (κ3) is 7.85. The van der Waals surface area contributed by atoms with Gasteiger partial charge in [0.2, 0.25) is 17.7 Å². The smallest absolute Gasteiger partial charge is 0.326 e. The molecule has 0 spiro atoms. The number of nitrogens with two attached hydrogens (primary N) is 1. The van der Waals surface area contributed by atoms with Crippen molar-refractivity contribution in [1.82, 2.24) is 25.9 Å². The van der Waals surface area contributed by atoms with E-state index in [1.165, 1.54) is 19.4 Å². The number of carboxylic acid groups (broad SMARTS) is 1. The van der Waals surface area contributed by atoms with Gasteiger partial charge in [-0.2, -0.15) is 25.3 Å². The quantitative estimate of drug-likeness (QED) is 0.147. The number of thiol groups is 2. The fraction of sp³-hybridized carbons (Fsp3) is 0.562. The van der Waals surface area contributed by atoms with Crippen LogP contribution < -0.4 is 21.7 Å². The van der Waals surface area contributed by atoms with Crippen molar-refractivity contribution in [2.75, 3.05) is 11.5 Å². The van der Waals surface area contributed by atoms with Crippen LogP contribution >= 0.6 is 25.3 Å². The molecule has 0 fully saturated rings. The van der Waals surface area contributed by atoms with Gasteiger partial charge in [-0.3, -0.25) is 14.4 Å². The van der Waals surface area contributed by atoms with Crippen molar-refractivity contribution < 1.29 is 29.4 Å². The summed E-state index contributed by atoms with van der Waals surface area (Å²) in [6.45, 7) is 1.25. The number of imidazole rings is 1. The zero-order valence-corrected chi connectivity index (χ0v) is 17.9. The Labute approximate surface area is 183 Å². The third-order valence-corrected chi connectivity index (χ3v) is 4.76. The lowest BCUT2D eigenvalue weighted by Gasteiger charge is -2.25. The first kappa shape index (κ1) is 25.7. The van der Waals surface area contributed by atoms with E-state index >= 15 is 0 Å². The number of nitrogens with one attached hydrogen (secondary N) is 4. The molecule has 0 aliphatic rings. The van der Waals surface area contributed by atoms with Crippen molar-refractivity contribution in [2.45, 2.75) is 43.6 Å². The molecule has 30 heavy (non-hydrogen) atoms. The van der Waals surface area contributed by atoms with E-state index in [1.807, 2.05) is 0 Å². The molecule has 0 aromatic carbocycles. The molecule has 168 valence electrons. The summed E-state index contributed by atoms with van der Waals surface area (Å²) in [5.41, 5.74) is 6.02. The normalized spacial score (nSPS) is 15.9. The highest BCUT2D eigenvalue weighted by molar-refractivity contribution is 7.80. The molecule has 8 N–H and O–H groups in total. The van der Waals surface area contributed by atoms with Crippen molar-refractivity contribution in [2.24, 2.45) is 5.73 Å². The summed E-state index contributed by atoms with van der Waals surface area (Å²) in [5, 5.41) is 26.2. The Hall–Kier alpha value is -2.29. The Balaban J connectivity index is 2.83. The molecule has 1 rings (SSSR count). The molecule has 0 bridgehead atoms. The molecule has 5 unspecified atom stereocenters. The second kappa shape index (κ2) is 12.4. The first-order valence-corrected chi connectivity index (χ1v) is 10.1. The number of aliphatic carboxylic acids is 1. The maximum atomic E-state index is 12.5. The van der Waals surface area contributed by atoms with Crippen LogP contribution in [0.2, 0.25) is 0 Å². The molecule has 12 nitrogen and oxygen atoms in total. The molecule has 1 aromatic heterocycles. The molecule has 3 amide bonds. The average Bonchev–Trinajstić information content (AvgIpc) is 3.21. The lowest BCUT2D eigenvalue weighted by Crippen LogP contribution is -2.60. The zero-order chi connectivity index (χ0) is 22.8. The van der Waals surface area contributed by atoms with Gasteiger partial charge in [0.15, 0.2) is 0 Å². The summed E-state index contributed by atoms with van der Waals surface area (Å²) < 4.78 is 0. The van der Waals surface area contributed by atoms with Crippen LogP contribution in [0.15, 0.2) is 12.5 Å². The van der Waals surface area contributed by atoms with Gasteiger partial charge in [0.1, 0.15) is 18.1 Å². The molecule has 0 aliphatic carbocycles. The van der Waals surface area contributed by atoms with Gasteiger partial charge >= 0.3 is 5.97 Å². The lowest BCUT2D eigenvalue weighted by atomic mass is 10.1. The fourth-order valence-electron chi connectivity index (χ4n) is 2.29. The van der Waals surface area contributed by atoms with Crippen LogP contribution in [-0.4, -0.2) is 85.6 Å². The van der Waals surface area contributed by atoms with E-state index in [0.717, 1.165) is 0 Å². The summed E-state index contributed by atoms with van der Waals surface area (Å²) in [5.74, 6) is -3.72. The highest BCUT2D eigenvalue weighted by Gasteiger charge is 2.32. The summed E-state index contributed by atoms with van der Waals surface area (Å²) in [6, 6.07) is -4.89. The molecule has 14 heteroatoms. The van der Waals surface area contributed by atoms with Crippen LogP contribution in [0.1, 0.15) is 12.6 Å². The van der Waals surface area contributed by atoms with E-state index in [4.69, 9.17) is 5.73 Å². The molecular weight excluding hydrogens is 436 g/mol. The maximum Gasteiger partial charge on any atom is 0.326 e. The van der Waals surface area contributed by atoms with Crippen molar-refractivity contribution >= 4 is 48.9 Å². The van der Waals surface area contributed by atoms with E-state index in [9.17, 15) is 29.4 Å². The van der Waals surface area contributed by atoms with Crippen LogP contribution in [0, 0.1) is 0 Å². The molecule has 0 radical (unpaired) electrons. The minimum absolute atomic E-state index is 0.0539. The Morgan fingerprint density at radius 1 is 1.10 bits per heavy atom. The Morgan fingerprint density at radius 3 is 2.20 bits per heavy atom. The van der Waals surface area contributed by atoms with Crippen LogP contribution in [0.4, 0.5) is 0 Å². The van der Waals surface area contributed by atoms with Gasteiger partial charge in [0.25, 0.3) is 0 Å². The molecule has 1 aromatic rings. The highest BCUT2D eigenvalue weighted by Crippen LogP contribution is 2.02. The number of hydrogen-bond acceptors (Lipinski definition) is 9. The van der Waals surface area contributed by atoms with Crippen LogP contribution in [0.3, 0.4) is 0 Å². The summed E-state index contributed by atoms with van der Waals surface area (Å²) in [4.78, 5) is 54.8. The van der Waals surface area contributed by atoms with Crippen LogP contribution in [0.5, 0.6) is 0 Å². The minimum atomic E-state index is -1.47. The maximum absolute atomic E-state index is 12.5. The standard InChI is InChI=1S/C16H26N6O6S2/c1-7(23)12(22-14(25)11(5-30)21-13(24)9(17)4-29)15(26)20-10(16(27)28)2-8-3-18-6-19-8/h3,6-7,9-12,23,29-30H,2,4-5,17H2,1H3,(H,18,19)(H,20,26)(H,21,24)(H,22,25)(H,27,28). The number of carbonyl (C=O) groups is 4. The van der Waals surface area contributed by atoms with Crippen LogP contribution in [0.25, 0.3) is 0 Å². The fourth-order valence-corrected chi connectivity index (χ4v) is 2.72. The first-order valence-electron chi connectivity index (χ1n) is 8.87. The monoisotopic (exact) mass is 462 g/mol. The lowest BCUT2D eigenvalue weighted by molar-refractivity contribution is -0.143. The number of hydrogen-bond donors (Lipinski definition) is 9. The minimum Gasteiger partial charge on any atom is -0.480 e. The van der Waals surface area contributed by atoms with Crippen LogP contribution in [-0.2, 0) is 25.6 Å². The van der Waals surface area contributed by atoms with E-state index in [1.54, 1.807) is 0 Å². The Morgan fingerprint density at radius 2 is 1.73 bits per heavy atom. The molecular formula is C16H26N6O6S2. The topological polar surface area (TPSA) is 200 Å². The number of amides is 3. The predicted octanol–water partition coefficient (Wildman–Crippen LogP) is -2.94. The Kier molecular flexibility index (Phi) is 10.7. The number of nitrogens with zero attached hydrogens (tertiary/aromatic N) is 1. The molecule has 0 saturated carbocycles. The predicted molar refractivity (Wildman–Crippen MR) is 113 cm³/mol. The molecule has 5 atom stereocenters. The summed E-state index contributed by atoms with van der Waals surface area (Å²) >= 11 is 7.90. The van der Waals surface area contributed by atoms with Gasteiger partial charge in [-0.05, 0) is 6.92 Å². The Bertz CT molecular complexity index is 732. The molecule has 0 saturated heterocycles. The van der Waals surface area contributed by atoms with Gasteiger partial charge in [-0.15, -0.1) is 0 Å². The summed E-state index contributed by atoms with van der Waals surface area (Å²) in [6.07, 6.45) is 1.33. The van der Waals surface area contributed by atoms with Gasteiger partial charge in [0.05, 0.1) is 18.5 Å². The number of carboxylic acids is 1. The molecule has 1 heterocycles. The summed E-state index contributed by atoms with van der Waals surface area (Å²) in [7, 11) is 0. The molecule has 0 aliphatic heterocycles. The van der Waals surface area contributed by atoms with Crippen molar-refractivity contribution in [3.63, 3.8) is 0 Å². The number of carbonyl (C=O) groups excluding carboxylic acids is 3. The van der Waals surface area contributed by atoms with E-state index in [0.29, 0.717) is 5.69 Å². The zero-order valence-electron chi connectivity index (χ0n) is 16.1. The van der Waals surface area contributed by atoms with E-state index in [2.05, 4.69) is 51.2 Å². The van der Waals surface area contributed by atoms with Crippen molar-refractivity contribution in [3.05, 3.63) is 18.2 Å². The second-order valence-electron chi connectivity index (χ2n) is 6.44. The number of aromatic amines is 1. The number of aliphatic hydroxyl groups is 1. The first-order chi connectivity index (χ1) is 14.1. The third-order valence-electron chi connectivity index (χ3n) is 4.01. The van der Waals surface area contributed by atoms with Gasteiger partial charge in [0, 0.05) is 29.8 Å². The number of H-pyrrole nitrogens is 1. The second-order valence-corrected chi connectivity index (χ2v) is 7.17. The number of rotatable bonds is 12. The van der Waals surface area contributed by atoms with E-state index in [-0.39, 0.29) is 17.9 Å². The average molecular weight is 463 g/mol. The largest absolute Gasteiger partial charge is 0.480 e. The van der Waals surface area contributed by atoms with Gasteiger partial charge in [-0.25, -0.2) is 9.78 Å². The number of aliphatic hydroxyl groups excluding tert-OH is 1. The van der Waals surface area contributed by atoms with Crippen molar-refractivity contribution in [3.8, 4) is 0 Å².